The summed E-state index contributed by atoms with van der Waals surface area (Å²) in [5.41, 5.74) is 0.574. The molecule has 20 heavy (non-hydrogen) atoms. The van der Waals surface area contributed by atoms with E-state index in [2.05, 4.69) is 20.4 Å². The first kappa shape index (κ1) is 14.1. The largest absolute Gasteiger partial charge is 0.466 e. The van der Waals surface area contributed by atoms with E-state index in [0.717, 1.165) is 0 Å². The van der Waals surface area contributed by atoms with Crippen LogP contribution in [0.5, 0.6) is 0 Å². The fraction of sp³-hybridized carbons (Fsp3) is 0.364. The molecule has 0 saturated carbocycles. The molecule has 2 aromatic rings. The fourth-order valence-corrected chi connectivity index (χ4v) is 2.15. The Morgan fingerprint density at radius 3 is 3.05 bits per heavy atom. The first-order valence-electron chi connectivity index (χ1n) is 5.89. The molecule has 0 radical (unpaired) electrons. The van der Waals surface area contributed by atoms with E-state index in [9.17, 15) is 9.59 Å². The Morgan fingerprint density at radius 1 is 1.50 bits per heavy atom. The van der Waals surface area contributed by atoms with Crippen LogP contribution in [-0.4, -0.2) is 38.2 Å². The minimum Gasteiger partial charge on any atom is -0.466 e. The van der Waals surface area contributed by atoms with E-state index in [-0.39, 0.29) is 24.8 Å². The molecule has 0 aliphatic rings. The molecule has 0 saturated heterocycles. The molecule has 0 aliphatic carbocycles. The Bertz CT molecular complexity index is 581. The summed E-state index contributed by atoms with van der Waals surface area (Å²) in [6.45, 7) is 2.14. The van der Waals surface area contributed by atoms with Gasteiger partial charge in [0.05, 0.1) is 18.7 Å². The second kappa shape index (κ2) is 6.75. The average molecular weight is 295 g/mol. The quantitative estimate of drug-likeness (QED) is 0.778. The van der Waals surface area contributed by atoms with Crippen LogP contribution in [-0.2, 0) is 27.3 Å². The molecule has 0 aliphatic heterocycles. The van der Waals surface area contributed by atoms with E-state index in [1.54, 1.807) is 12.3 Å². The van der Waals surface area contributed by atoms with Crippen molar-refractivity contribution in [2.75, 3.05) is 11.9 Å². The zero-order chi connectivity index (χ0) is 14.4. The summed E-state index contributed by atoms with van der Waals surface area (Å²) in [4.78, 5) is 30.9. The molecule has 0 bridgehead atoms. The summed E-state index contributed by atoms with van der Waals surface area (Å²) in [7, 11) is 0. The summed E-state index contributed by atoms with van der Waals surface area (Å²) in [6.07, 6.45) is 2.91. The van der Waals surface area contributed by atoms with Gasteiger partial charge in [0.1, 0.15) is 19.2 Å². The van der Waals surface area contributed by atoms with Gasteiger partial charge in [-0.1, -0.05) is 0 Å². The van der Waals surface area contributed by atoms with Gasteiger partial charge in [-0.3, -0.25) is 9.59 Å². The van der Waals surface area contributed by atoms with Crippen molar-refractivity contribution in [2.45, 2.75) is 19.9 Å². The molecule has 0 fully saturated rings. The zero-order valence-corrected chi connectivity index (χ0v) is 11.6. The van der Waals surface area contributed by atoms with Gasteiger partial charge >= 0.3 is 5.97 Å². The fourth-order valence-electron chi connectivity index (χ4n) is 1.43. The Hall–Kier alpha value is -2.29. The van der Waals surface area contributed by atoms with Crippen LogP contribution in [0.25, 0.3) is 0 Å². The van der Waals surface area contributed by atoms with Gasteiger partial charge in [0, 0.05) is 5.38 Å². The number of thiazole rings is 1. The summed E-state index contributed by atoms with van der Waals surface area (Å²) >= 11 is 1.25. The van der Waals surface area contributed by atoms with Gasteiger partial charge in [0.15, 0.2) is 5.13 Å². The van der Waals surface area contributed by atoms with Crippen LogP contribution in [0.3, 0.4) is 0 Å². The van der Waals surface area contributed by atoms with Crippen molar-refractivity contribution < 1.29 is 14.3 Å². The monoisotopic (exact) mass is 295 g/mol. The lowest BCUT2D eigenvalue weighted by Crippen LogP contribution is -2.19. The van der Waals surface area contributed by atoms with Crippen molar-refractivity contribution in [1.29, 1.82) is 0 Å². The lowest BCUT2D eigenvalue weighted by Gasteiger charge is -2.01. The molecule has 9 heteroatoms. The van der Waals surface area contributed by atoms with Crippen LogP contribution in [0.1, 0.15) is 12.6 Å². The number of hydrogen-bond donors (Lipinski definition) is 1. The van der Waals surface area contributed by atoms with Crippen molar-refractivity contribution in [2.24, 2.45) is 0 Å². The van der Waals surface area contributed by atoms with E-state index in [4.69, 9.17) is 4.74 Å². The average Bonchev–Trinajstić information content (AvgIpc) is 3.02. The van der Waals surface area contributed by atoms with Gasteiger partial charge in [-0.25, -0.2) is 14.6 Å². The van der Waals surface area contributed by atoms with Crippen LogP contribution < -0.4 is 5.32 Å². The van der Waals surface area contributed by atoms with Crippen LogP contribution in [0.2, 0.25) is 0 Å². The Balaban J connectivity index is 1.86. The first-order valence-corrected chi connectivity index (χ1v) is 6.77. The molecule has 1 N–H and O–H groups in total. The highest BCUT2D eigenvalue weighted by Crippen LogP contribution is 2.16. The highest BCUT2D eigenvalue weighted by molar-refractivity contribution is 7.13. The number of anilines is 1. The van der Waals surface area contributed by atoms with Crippen LogP contribution >= 0.6 is 11.3 Å². The van der Waals surface area contributed by atoms with Gasteiger partial charge in [-0.2, -0.15) is 5.10 Å². The highest BCUT2D eigenvalue weighted by Gasteiger charge is 2.10. The predicted octanol–water partition coefficient (Wildman–Crippen LogP) is 0.479. The van der Waals surface area contributed by atoms with E-state index in [1.807, 2.05) is 0 Å². The molecular weight excluding hydrogens is 282 g/mol. The minimum atomic E-state index is -0.335. The SMILES string of the molecule is CCOC(=O)Cc1csc(NC(=O)Cn2cncn2)n1. The smallest absolute Gasteiger partial charge is 0.311 e. The maximum atomic E-state index is 11.7. The van der Waals surface area contributed by atoms with Gasteiger partial charge in [0.2, 0.25) is 5.91 Å². The maximum absolute atomic E-state index is 11.7. The number of rotatable bonds is 6. The molecule has 2 rings (SSSR count). The van der Waals surface area contributed by atoms with E-state index >= 15 is 0 Å². The summed E-state index contributed by atoms with van der Waals surface area (Å²) in [5.74, 6) is -0.592. The number of carbonyl (C=O) groups excluding carboxylic acids is 2. The second-order valence-corrected chi connectivity index (χ2v) is 4.63. The van der Waals surface area contributed by atoms with E-state index in [0.29, 0.717) is 17.4 Å². The van der Waals surface area contributed by atoms with E-state index in [1.165, 1.54) is 28.7 Å². The van der Waals surface area contributed by atoms with Gasteiger partial charge < -0.3 is 10.1 Å². The molecular formula is C11H13N5O3S. The number of esters is 1. The number of aromatic nitrogens is 4. The van der Waals surface area contributed by atoms with Crippen molar-refractivity contribution >= 4 is 28.3 Å². The third-order valence-corrected chi connectivity index (χ3v) is 3.01. The topological polar surface area (TPSA) is 99.0 Å². The number of hydrogen-bond acceptors (Lipinski definition) is 7. The maximum Gasteiger partial charge on any atom is 0.311 e. The summed E-state index contributed by atoms with van der Waals surface area (Å²) in [5, 5.41) is 8.61. The molecule has 2 aromatic heterocycles. The lowest BCUT2D eigenvalue weighted by atomic mass is 10.3. The summed E-state index contributed by atoms with van der Waals surface area (Å²) < 4.78 is 6.23. The lowest BCUT2D eigenvalue weighted by molar-refractivity contribution is -0.142. The van der Waals surface area contributed by atoms with Gasteiger partial charge in [0.25, 0.3) is 0 Å². The summed E-state index contributed by atoms with van der Waals surface area (Å²) in [6, 6.07) is 0. The van der Waals surface area contributed by atoms with Crippen LogP contribution in [0.4, 0.5) is 5.13 Å². The molecule has 2 heterocycles. The van der Waals surface area contributed by atoms with Crippen LogP contribution in [0, 0.1) is 0 Å². The molecule has 8 nitrogen and oxygen atoms in total. The number of amides is 1. The highest BCUT2D eigenvalue weighted by atomic mass is 32.1. The van der Waals surface area contributed by atoms with E-state index < -0.39 is 0 Å². The normalized spacial score (nSPS) is 10.2. The third kappa shape index (κ3) is 4.12. The van der Waals surface area contributed by atoms with Crippen molar-refractivity contribution in [3.63, 3.8) is 0 Å². The van der Waals surface area contributed by atoms with Crippen molar-refractivity contribution in [3.8, 4) is 0 Å². The zero-order valence-electron chi connectivity index (χ0n) is 10.8. The molecule has 0 spiro atoms. The molecule has 106 valence electrons. The van der Waals surface area contributed by atoms with Gasteiger partial charge in [-0.05, 0) is 6.92 Å². The van der Waals surface area contributed by atoms with Crippen LogP contribution in [0.15, 0.2) is 18.0 Å². The van der Waals surface area contributed by atoms with Gasteiger partial charge in [-0.15, -0.1) is 11.3 Å². The van der Waals surface area contributed by atoms with Crippen molar-refractivity contribution in [1.82, 2.24) is 19.7 Å². The Labute approximate surface area is 118 Å². The number of carbonyl (C=O) groups is 2. The number of ether oxygens (including phenoxy) is 1. The standard InChI is InChI=1S/C11H13N5O3S/c1-2-19-10(18)3-8-5-20-11(14-8)15-9(17)4-16-7-12-6-13-16/h5-7H,2-4H2,1H3,(H,14,15,17). The first-order chi connectivity index (χ1) is 9.67. The molecule has 0 unspecified atom stereocenters. The predicted molar refractivity (Wildman–Crippen MR) is 71.1 cm³/mol. The third-order valence-electron chi connectivity index (χ3n) is 2.20. The molecule has 0 atom stereocenters. The number of nitrogens with zero attached hydrogens (tertiary/aromatic N) is 4. The van der Waals surface area contributed by atoms with Crippen molar-refractivity contribution in [3.05, 3.63) is 23.7 Å². The second-order valence-electron chi connectivity index (χ2n) is 3.77. The number of nitrogens with one attached hydrogen (secondary N) is 1. The Kier molecular flexibility index (Phi) is 4.77. The molecule has 0 aromatic carbocycles. The Morgan fingerprint density at radius 2 is 2.35 bits per heavy atom. The molecule has 1 amide bonds. The minimum absolute atomic E-state index is 0.0623.